The molecule has 0 amide bonds. The number of ether oxygens (including phenoxy) is 1. The number of rotatable bonds is 2. The summed E-state index contributed by atoms with van der Waals surface area (Å²) in [5.74, 6) is 1.94. The number of nitrogens with one attached hydrogen (secondary N) is 1. The Kier molecular flexibility index (Phi) is 3.21. The largest absolute Gasteiger partial charge is 0.544 e. The van der Waals surface area contributed by atoms with Crippen LogP contribution in [0.4, 0.5) is 0 Å². The Bertz CT molecular complexity index is 374. The maximum atomic E-state index is 6.07. The van der Waals surface area contributed by atoms with Gasteiger partial charge >= 0.3 is 0 Å². The van der Waals surface area contributed by atoms with Gasteiger partial charge in [-0.1, -0.05) is 6.07 Å². The van der Waals surface area contributed by atoms with Crippen LogP contribution in [0.3, 0.4) is 0 Å². The summed E-state index contributed by atoms with van der Waals surface area (Å²) in [4.78, 5) is 0. The van der Waals surface area contributed by atoms with Gasteiger partial charge in [-0.3, -0.25) is 0 Å². The SMILES string of the molecule is C[Si](C)(C)Oc1cccc2c1CNCCO2. The fraction of sp³-hybridized carbons (Fsp3) is 0.500. The molecule has 16 heavy (non-hydrogen) atoms. The fourth-order valence-electron chi connectivity index (χ4n) is 1.73. The van der Waals surface area contributed by atoms with E-state index in [9.17, 15) is 0 Å². The van der Waals surface area contributed by atoms with E-state index in [1.165, 1.54) is 0 Å². The van der Waals surface area contributed by atoms with Gasteiger partial charge in [0.05, 0.1) is 0 Å². The summed E-state index contributed by atoms with van der Waals surface area (Å²) in [7, 11) is -1.56. The second-order valence-electron chi connectivity index (χ2n) is 4.97. The summed E-state index contributed by atoms with van der Waals surface area (Å²) in [6, 6.07) is 6.05. The van der Waals surface area contributed by atoms with Gasteiger partial charge in [0.25, 0.3) is 0 Å². The van der Waals surface area contributed by atoms with Crippen LogP contribution < -0.4 is 14.5 Å². The Morgan fingerprint density at radius 3 is 2.88 bits per heavy atom. The van der Waals surface area contributed by atoms with E-state index in [-0.39, 0.29) is 0 Å². The molecule has 2 rings (SSSR count). The van der Waals surface area contributed by atoms with E-state index in [0.717, 1.165) is 36.8 Å². The molecule has 0 aromatic heterocycles. The molecule has 0 atom stereocenters. The van der Waals surface area contributed by atoms with E-state index in [1.807, 2.05) is 18.2 Å². The summed E-state index contributed by atoms with van der Waals surface area (Å²) in [5, 5.41) is 3.34. The summed E-state index contributed by atoms with van der Waals surface area (Å²) in [6.07, 6.45) is 0. The second kappa shape index (κ2) is 4.47. The topological polar surface area (TPSA) is 30.5 Å². The molecule has 1 heterocycles. The first-order valence-electron chi connectivity index (χ1n) is 5.71. The van der Waals surface area contributed by atoms with Crippen molar-refractivity contribution in [3.63, 3.8) is 0 Å². The average Bonchev–Trinajstić information content (AvgIpc) is 2.41. The van der Waals surface area contributed by atoms with Crippen molar-refractivity contribution in [2.75, 3.05) is 13.2 Å². The van der Waals surface area contributed by atoms with Crippen LogP contribution in [-0.2, 0) is 6.54 Å². The van der Waals surface area contributed by atoms with Crippen LogP contribution in [0.25, 0.3) is 0 Å². The van der Waals surface area contributed by atoms with Gasteiger partial charge < -0.3 is 14.5 Å². The average molecular weight is 237 g/mol. The van der Waals surface area contributed by atoms with Gasteiger partial charge in [-0.15, -0.1) is 0 Å². The molecule has 1 aliphatic rings. The zero-order valence-electron chi connectivity index (χ0n) is 10.2. The lowest BCUT2D eigenvalue weighted by Crippen LogP contribution is -2.30. The fourth-order valence-corrected chi connectivity index (χ4v) is 2.58. The van der Waals surface area contributed by atoms with Crippen molar-refractivity contribution in [3.05, 3.63) is 23.8 Å². The van der Waals surface area contributed by atoms with Crippen LogP contribution in [0.1, 0.15) is 5.56 Å². The standard InChI is InChI=1S/C12H19NO2Si/c1-16(2,3)15-12-6-4-5-11-10(12)9-13-7-8-14-11/h4-6,13H,7-9H2,1-3H3. The number of hydrogen-bond donors (Lipinski definition) is 1. The van der Waals surface area contributed by atoms with E-state index in [0.29, 0.717) is 0 Å². The lowest BCUT2D eigenvalue weighted by Gasteiger charge is -2.22. The Labute approximate surface area is 97.9 Å². The number of fused-ring (bicyclic) bond motifs is 1. The molecule has 1 aliphatic heterocycles. The first-order valence-corrected chi connectivity index (χ1v) is 9.11. The third kappa shape index (κ3) is 2.77. The molecule has 0 radical (unpaired) electrons. The van der Waals surface area contributed by atoms with E-state index >= 15 is 0 Å². The first-order chi connectivity index (χ1) is 7.56. The minimum Gasteiger partial charge on any atom is -0.544 e. The molecule has 1 aromatic rings. The van der Waals surface area contributed by atoms with Crippen LogP contribution >= 0.6 is 0 Å². The molecular formula is C12H19NO2Si. The molecule has 1 N–H and O–H groups in total. The van der Waals surface area contributed by atoms with Gasteiger partial charge in [-0.05, 0) is 31.8 Å². The van der Waals surface area contributed by atoms with Gasteiger partial charge in [0.1, 0.15) is 18.1 Å². The molecule has 88 valence electrons. The summed E-state index contributed by atoms with van der Waals surface area (Å²) >= 11 is 0. The summed E-state index contributed by atoms with van der Waals surface area (Å²) in [5.41, 5.74) is 1.16. The minimum absolute atomic E-state index is 0.726. The Balaban J connectivity index is 2.31. The Hall–Kier alpha value is -1.00. The van der Waals surface area contributed by atoms with Gasteiger partial charge in [0, 0.05) is 18.7 Å². The van der Waals surface area contributed by atoms with Crippen molar-refractivity contribution in [3.8, 4) is 11.5 Å². The zero-order valence-corrected chi connectivity index (χ0v) is 11.2. The van der Waals surface area contributed by atoms with Crippen LogP contribution in [0.5, 0.6) is 11.5 Å². The smallest absolute Gasteiger partial charge is 0.242 e. The molecule has 3 nitrogen and oxygen atoms in total. The molecule has 1 aromatic carbocycles. The summed E-state index contributed by atoms with van der Waals surface area (Å²) in [6.45, 7) is 9.02. The normalized spacial score (nSPS) is 15.9. The van der Waals surface area contributed by atoms with Crippen molar-refractivity contribution in [2.45, 2.75) is 26.2 Å². The predicted molar refractivity (Wildman–Crippen MR) is 67.6 cm³/mol. The first kappa shape index (κ1) is 11.5. The molecule has 4 heteroatoms. The van der Waals surface area contributed by atoms with Crippen LogP contribution in [-0.4, -0.2) is 21.5 Å². The molecule has 0 spiro atoms. The van der Waals surface area contributed by atoms with Gasteiger partial charge in [0.15, 0.2) is 0 Å². The van der Waals surface area contributed by atoms with E-state index < -0.39 is 8.32 Å². The van der Waals surface area contributed by atoms with Crippen LogP contribution in [0.2, 0.25) is 19.6 Å². The van der Waals surface area contributed by atoms with E-state index in [2.05, 4.69) is 25.0 Å². The zero-order chi connectivity index (χ0) is 11.6. The lowest BCUT2D eigenvalue weighted by molar-refractivity contribution is 0.325. The predicted octanol–water partition coefficient (Wildman–Crippen LogP) is 2.38. The minimum atomic E-state index is -1.56. The maximum absolute atomic E-state index is 6.07. The quantitative estimate of drug-likeness (QED) is 0.801. The highest BCUT2D eigenvalue weighted by molar-refractivity contribution is 6.70. The summed E-state index contributed by atoms with van der Waals surface area (Å²) < 4.78 is 11.8. The van der Waals surface area contributed by atoms with Crippen molar-refractivity contribution in [1.29, 1.82) is 0 Å². The third-order valence-electron chi connectivity index (χ3n) is 2.34. The molecule has 0 fully saturated rings. The molecule has 0 saturated carbocycles. The van der Waals surface area contributed by atoms with Crippen molar-refractivity contribution >= 4 is 8.32 Å². The van der Waals surface area contributed by atoms with Crippen molar-refractivity contribution in [2.24, 2.45) is 0 Å². The van der Waals surface area contributed by atoms with Crippen LogP contribution in [0, 0.1) is 0 Å². The number of benzene rings is 1. The molecule has 0 bridgehead atoms. The number of hydrogen-bond acceptors (Lipinski definition) is 3. The lowest BCUT2D eigenvalue weighted by atomic mass is 10.2. The second-order valence-corrected chi connectivity index (χ2v) is 9.40. The van der Waals surface area contributed by atoms with Crippen molar-refractivity contribution in [1.82, 2.24) is 5.32 Å². The molecule has 0 unspecified atom stereocenters. The Morgan fingerprint density at radius 1 is 1.31 bits per heavy atom. The van der Waals surface area contributed by atoms with Crippen molar-refractivity contribution < 1.29 is 9.16 Å². The Morgan fingerprint density at radius 2 is 2.12 bits per heavy atom. The molecular weight excluding hydrogens is 218 g/mol. The third-order valence-corrected chi connectivity index (χ3v) is 3.18. The van der Waals surface area contributed by atoms with E-state index in [4.69, 9.17) is 9.16 Å². The monoisotopic (exact) mass is 237 g/mol. The highest BCUT2D eigenvalue weighted by Crippen LogP contribution is 2.31. The van der Waals surface area contributed by atoms with Gasteiger partial charge in [0.2, 0.25) is 8.32 Å². The van der Waals surface area contributed by atoms with E-state index in [1.54, 1.807) is 0 Å². The molecule has 0 saturated heterocycles. The van der Waals surface area contributed by atoms with Crippen LogP contribution in [0.15, 0.2) is 18.2 Å². The van der Waals surface area contributed by atoms with Gasteiger partial charge in [-0.25, -0.2) is 0 Å². The van der Waals surface area contributed by atoms with Gasteiger partial charge in [-0.2, -0.15) is 0 Å². The highest BCUT2D eigenvalue weighted by atomic mass is 28.4. The highest BCUT2D eigenvalue weighted by Gasteiger charge is 2.20. The molecule has 0 aliphatic carbocycles. The maximum Gasteiger partial charge on any atom is 0.242 e.